The molecule has 0 amide bonds. The number of allylic oxidation sites excluding steroid dienone is 1. The molecule has 1 aliphatic rings. The number of hydrogen-bond acceptors (Lipinski definition) is 0. The van der Waals surface area contributed by atoms with Crippen LogP contribution < -0.4 is 0 Å². The van der Waals surface area contributed by atoms with Crippen molar-refractivity contribution in [2.45, 2.75) is 12.8 Å². The van der Waals surface area contributed by atoms with Crippen molar-refractivity contribution in [2.75, 3.05) is 0 Å². The van der Waals surface area contributed by atoms with Gasteiger partial charge < -0.3 is 0 Å². The molecule has 22 heavy (non-hydrogen) atoms. The van der Waals surface area contributed by atoms with Crippen LogP contribution in [0.3, 0.4) is 0 Å². The lowest BCUT2D eigenvalue weighted by molar-refractivity contribution is 1.24. The molecule has 3 aromatic rings. The van der Waals surface area contributed by atoms with Crippen LogP contribution in [-0.2, 0) is 12.8 Å². The van der Waals surface area contributed by atoms with E-state index in [1.54, 1.807) is 0 Å². The van der Waals surface area contributed by atoms with Gasteiger partial charge in [0.2, 0.25) is 0 Å². The lowest BCUT2D eigenvalue weighted by Crippen LogP contribution is -1.86. The molecule has 3 aromatic carbocycles. The largest absolute Gasteiger partial charge is 0.0795 e. The zero-order valence-corrected chi connectivity index (χ0v) is 12.5. The Labute approximate surface area is 131 Å². The van der Waals surface area contributed by atoms with Gasteiger partial charge in [-0.05, 0) is 46.2 Å². The minimum absolute atomic E-state index is 0.984. The van der Waals surface area contributed by atoms with E-state index in [0.717, 1.165) is 12.8 Å². The van der Waals surface area contributed by atoms with Crippen LogP contribution in [-0.4, -0.2) is 0 Å². The lowest BCUT2D eigenvalue weighted by atomic mass is 10.0. The van der Waals surface area contributed by atoms with Crippen molar-refractivity contribution in [1.29, 1.82) is 0 Å². The molecule has 0 heteroatoms. The van der Waals surface area contributed by atoms with E-state index in [4.69, 9.17) is 0 Å². The highest BCUT2D eigenvalue weighted by atomic mass is 14.2. The minimum Gasteiger partial charge on any atom is -0.0795 e. The van der Waals surface area contributed by atoms with Crippen molar-refractivity contribution in [1.82, 2.24) is 0 Å². The van der Waals surface area contributed by atoms with E-state index < -0.39 is 0 Å². The molecule has 0 radical (unpaired) electrons. The van der Waals surface area contributed by atoms with Crippen molar-refractivity contribution in [3.63, 3.8) is 0 Å². The SMILES string of the molecule is C(=C\c1cccc2c1Cc1ccccc1-2)/Cc1ccccc1. The highest BCUT2D eigenvalue weighted by molar-refractivity contribution is 5.80. The molecule has 0 nitrogen and oxygen atoms in total. The van der Waals surface area contributed by atoms with Gasteiger partial charge in [0.25, 0.3) is 0 Å². The van der Waals surface area contributed by atoms with Crippen molar-refractivity contribution < 1.29 is 0 Å². The highest BCUT2D eigenvalue weighted by Gasteiger charge is 2.19. The standard InChI is InChI=1S/C22H18/c1-2-8-17(9-3-1)10-6-12-18-13-7-15-21-20-14-5-4-11-19(20)16-22(18)21/h1-9,11-15H,10,16H2/b12-6+. The molecule has 0 N–H and O–H groups in total. The second kappa shape index (κ2) is 5.65. The molecule has 0 saturated heterocycles. The maximum atomic E-state index is 2.28. The third kappa shape index (κ3) is 2.37. The average Bonchev–Trinajstić information content (AvgIpc) is 2.96. The Morgan fingerprint density at radius 2 is 1.50 bits per heavy atom. The van der Waals surface area contributed by atoms with E-state index >= 15 is 0 Å². The summed E-state index contributed by atoms with van der Waals surface area (Å²) in [6.45, 7) is 0. The molecule has 0 fully saturated rings. The van der Waals surface area contributed by atoms with Crippen molar-refractivity contribution in [3.05, 3.63) is 101 Å². The third-order valence-electron chi connectivity index (χ3n) is 4.38. The number of fused-ring (bicyclic) bond motifs is 3. The fourth-order valence-corrected chi connectivity index (χ4v) is 3.27. The molecule has 0 bridgehead atoms. The van der Waals surface area contributed by atoms with Gasteiger partial charge in [0.1, 0.15) is 0 Å². The highest BCUT2D eigenvalue weighted by Crippen LogP contribution is 2.38. The van der Waals surface area contributed by atoms with Gasteiger partial charge in [-0.2, -0.15) is 0 Å². The molecule has 0 atom stereocenters. The molecular weight excluding hydrogens is 264 g/mol. The maximum absolute atomic E-state index is 2.28. The Hall–Kier alpha value is -2.60. The van der Waals surface area contributed by atoms with Crippen LogP contribution in [0.5, 0.6) is 0 Å². The predicted octanol–water partition coefficient (Wildman–Crippen LogP) is 5.51. The summed E-state index contributed by atoms with van der Waals surface area (Å²) in [5, 5.41) is 0. The van der Waals surface area contributed by atoms with E-state index in [1.165, 1.54) is 33.4 Å². The summed E-state index contributed by atoms with van der Waals surface area (Å²) in [5.41, 5.74) is 8.42. The van der Waals surface area contributed by atoms with Crippen molar-refractivity contribution in [3.8, 4) is 11.1 Å². The van der Waals surface area contributed by atoms with Crippen LogP contribution in [0.4, 0.5) is 0 Å². The molecule has 4 rings (SSSR count). The Balaban J connectivity index is 1.62. The monoisotopic (exact) mass is 282 g/mol. The fourth-order valence-electron chi connectivity index (χ4n) is 3.27. The summed E-state index contributed by atoms with van der Waals surface area (Å²) >= 11 is 0. The van der Waals surface area contributed by atoms with E-state index in [1.807, 2.05) is 0 Å². The molecule has 106 valence electrons. The van der Waals surface area contributed by atoms with Gasteiger partial charge in [0.15, 0.2) is 0 Å². The summed E-state index contributed by atoms with van der Waals surface area (Å²) in [5.74, 6) is 0. The van der Waals surface area contributed by atoms with Gasteiger partial charge in [-0.1, -0.05) is 84.9 Å². The first-order valence-corrected chi connectivity index (χ1v) is 7.82. The number of hydrogen-bond donors (Lipinski definition) is 0. The Bertz CT molecular complexity index is 826. The second-order valence-corrected chi connectivity index (χ2v) is 5.80. The molecule has 0 saturated carbocycles. The summed E-state index contributed by atoms with van der Waals surface area (Å²) in [7, 11) is 0. The Morgan fingerprint density at radius 3 is 2.41 bits per heavy atom. The molecule has 0 heterocycles. The van der Waals surface area contributed by atoms with E-state index in [2.05, 4.69) is 84.9 Å². The van der Waals surface area contributed by atoms with Crippen molar-refractivity contribution >= 4 is 6.08 Å². The summed E-state index contributed by atoms with van der Waals surface area (Å²) in [4.78, 5) is 0. The van der Waals surface area contributed by atoms with Gasteiger partial charge in [-0.3, -0.25) is 0 Å². The van der Waals surface area contributed by atoms with Crippen molar-refractivity contribution in [2.24, 2.45) is 0 Å². The topological polar surface area (TPSA) is 0 Å². The van der Waals surface area contributed by atoms with Crippen LogP contribution in [0, 0.1) is 0 Å². The smallest absolute Gasteiger partial charge is 0.000751 e. The van der Waals surface area contributed by atoms with Crippen LogP contribution in [0.2, 0.25) is 0 Å². The number of benzene rings is 3. The number of rotatable bonds is 3. The summed E-state index contributed by atoms with van der Waals surface area (Å²) in [6.07, 6.45) is 6.58. The maximum Gasteiger partial charge on any atom is -0.000751 e. The summed E-state index contributed by atoms with van der Waals surface area (Å²) < 4.78 is 0. The van der Waals surface area contributed by atoms with Gasteiger partial charge in [0, 0.05) is 0 Å². The van der Waals surface area contributed by atoms with E-state index in [0.29, 0.717) is 0 Å². The van der Waals surface area contributed by atoms with Crippen LogP contribution >= 0.6 is 0 Å². The van der Waals surface area contributed by atoms with Crippen LogP contribution in [0.1, 0.15) is 22.3 Å². The second-order valence-electron chi connectivity index (χ2n) is 5.80. The predicted molar refractivity (Wildman–Crippen MR) is 93.9 cm³/mol. The normalized spacial score (nSPS) is 12.4. The third-order valence-corrected chi connectivity index (χ3v) is 4.38. The Kier molecular flexibility index (Phi) is 3.36. The minimum atomic E-state index is 0.984. The molecule has 0 spiro atoms. The lowest BCUT2D eigenvalue weighted by Gasteiger charge is -2.04. The molecule has 0 aromatic heterocycles. The summed E-state index contributed by atoms with van der Waals surface area (Å²) in [6, 6.07) is 26.0. The van der Waals surface area contributed by atoms with Gasteiger partial charge in [0.05, 0.1) is 0 Å². The first-order chi connectivity index (χ1) is 10.9. The van der Waals surface area contributed by atoms with E-state index in [9.17, 15) is 0 Å². The van der Waals surface area contributed by atoms with Gasteiger partial charge in [-0.15, -0.1) is 0 Å². The zero-order valence-electron chi connectivity index (χ0n) is 12.5. The van der Waals surface area contributed by atoms with Gasteiger partial charge >= 0.3 is 0 Å². The molecular formula is C22H18. The van der Waals surface area contributed by atoms with E-state index in [-0.39, 0.29) is 0 Å². The zero-order chi connectivity index (χ0) is 14.8. The quantitative estimate of drug-likeness (QED) is 0.464. The first kappa shape index (κ1) is 13.1. The van der Waals surface area contributed by atoms with Crippen LogP contribution in [0.25, 0.3) is 17.2 Å². The van der Waals surface area contributed by atoms with Crippen LogP contribution in [0.15, 0.2) is 78.9 Å². The van der Waals surface area contributed by atoms with Gasteiger partial charge in [-0.25, -0.2) is 0 Å². The molecule has 0 unspecified atom stereocenters. The first-order valence-electron chi connectivity index (χ1n) is 7.82. The fraction of sp³-hybridized carbons (Fsp3) is 0.0909. The molecule has 0 aliphatic heterocycles. The molecule has 1 aliphatic carbocycles. The average molecular weight is 282 g/mol. The Morgan fingerprint density at radius 1 is 0.727 bits per heavy atom.